The fourth-order valence-corrected chi connectivity index (χ4v) is 4.23. The van der Waals surface area contributed by atoms with E-state index in [1.54, 1.807) is 36.4 Å². The fourth-order valence-electron chi connectivity index (χ4n) is 2.77. The summed E-state index contributed by atoms with van der Waals surface area (Å²) in [6.45, 7) is 2.01. The molecule has 1 fully saturated rings. The summed E-state index contributed by atoms with van der Waals surface area (Å²) in [5.74, 6) is -0.115. The van der Waals surface area contributed by atoms with Crippen molar-refractivity contribution in [3.63, 3.8) is 0 Å². The van der Waals surface area contributed by atoms with Crippen LogP contribution in [0.5, 0.6) is 17.2 Å². The second-order valence-electron chi connectivity index (χ2n) is 6.33. The number of aromatic hydroxyl groups is 1. The van der Waals surface area contributed by atoms with Gasteiger partial charge in [0.15, 0.2) is 11.5 Å². The molecular formula is C21H19IN2O6S. The number of carbonyl (C=O) groups is 3. The molecule has 0 aromatic heterocycles. The smallest absolute Gasteiger partial charge is 0.294 e. The minimum atomic E-state index is -0.557. The molecule has 10 heteroatoms. The maximum Gasteiger partial charge on any atom is 0.294 e. The Kier molecular flexibility index (Phi) is 7.44. The minimum Gasteiger partial charge on any atom is -0.504 e. The van der Waals surface area contributed by atoms with Crippen LogP contribution in [0.4, 0.5) is 10.5 Å². The Morgan fingerprint density at radius 2 is 1.97 bits per heavy atom. The molecule has 1 aliphatic heterocycles. The van der Waals surface area contributed by atoms with Crippen LogP contribution in [-0.4, -0.2) is 47.3 Å². The Labute approximate surface area is 196 Å². The topological polar surface area (TPSA) is 105 Å². The van der Waals surface area contributed by atoms with Crippen molar-refractivity contribution in [3.05, 3.63) is 50.4 Å². The fraction of sp³-hybridized carbons (Fsp3) is 0.190. The molecule has 0 unspecified atom stereocenters. The molecule has 3 amide bonds. The lowest BCUT2D eigenvalue weighted by Crippen LogP contribution is -2.36. The molecule has 31 heavy (non-hydrogen) atoms. The van der Waals surface area contributed by atoms with Gasteiger partial charge in [-0.3, -0.25) is 19.3 Å². The average Bonchev–Trinajstić information content (AvgIpc) is 2.99. The van der Waals surface area contributed by atoms with E-state index >= 15 is 0 Å². The third kappa shape index (κ3) is 5.50. The Morgan fingerprint density at radius 3 is 2.61 bits per heavy atom. The summed E-state index contributed by atoms with van der Waals surface area (Å²) in [6.07, 6.45) is 1.53. The number of nitrogens with one attached hydrogen (secondary N) is 1. The summed E-state index contributed by atoms with van der Waals surface area (Å²) in [7, 11) is 1.42. The number of phenolic OH excluding ortho intramolecular Hbond substituents is 1. The number of phenols is 1. The number of methoxy groups -OCH3 is 1. The van der Waals surface area contributed by atoms with E-state index in [2.05, 4.69) is 5.32 Å². The standard InChI is InChI=1S/C21H19IN2O6S/c1-3-30-14-6-4-13(5-7-14)23-18(25)11-24-20(27)17(31-21(24)28)10-12-8-15(22)19(26)16(9-12)29-2/h4-10,26H,3,11H2,1-2H3,(H,23,25)/b17-10+. The number of hydrogen-bond donors (Lipinski definition) is 2. The number of nitrogens with zero attached hydrogens (tertiary/aromatic N) is 1. The predicted molar refractivity (Wildman–Crippen MR) is 126 cm³/mol. The number of benzene rings is 2. The zero-order valence-electron chi connectivity index (χ0n) is 16.7. The molecule has 0 radical (unpaired) electrons. The van der Waals surface area contributed by atoms with Crippen molar-refractivity contribution in [3.8, 4) is 17.2 Å². The lowest BCUT2D eigenvalue weighted by atomic mass is 10.2. The Morgan fingerprint density at radius 1 is 1.26 bits per heavy atom. The van der Waals surface area contributed by atoms with Crippen molar-refractivity contribution in [2.75, 3.05) is 25.6 Å². The summed E-state index contributed by atoms with van der Waals surface area (Å²) in [5, 5.41) is 12.1. The Balaban J connectivity index is 1.69. The van der Waals surface area contributed by atoms with Crippen LogP contribution < -0.4 is 14.8 Å². The molecule has 2 aromatic carbocycles. The molecule has 1 heterocycles. The monoisotopic (exact) mass is 554 g/mol. The third-order valence-electron chi connectivity index (χ3n) is 4.19. The average molecular weight is 554 g/mol. The van der Waals surface area contributed by atoms with Crippen LogP contribution in [0.25, 0.3) is 6.08 Å². The summed E-state index contributed by atoms with van der Waals surface area (Å²) in [6, 6.07) is 10.0. The van der Waals surface area contributed by atoms with E-state index in [0.717, 1.165) is 16.7 Å². The van der Waals surface area contributed by atoms with E-state index in [-0.39, 0.29) is 16.4 Å². The van der Waals surface area contributed by atoms with E-state index in [1.807, 2.05) is 29.5 Å². The summed E-state index contributed by atoms with van der Waals surface area (Å²) >= 11 is 2.69. The first-order valence-corrected chi connectivity index (χ1v) is 11.1. The van der Waals surface area contributed by atoms with Crippen LogP contribution in [-0.2, 0) is 9.59 Å². The lowest BCUT2D eigenvalue weighted by molar-refractivity contribution is -0.127. The molecule has 2 N–H and O–H groups in total. The quantitative estimate of drug-likeness (QED) is 0.393. The highest BCUT2D eigenvalue weighted by atomic mass is 127. The number of halogens is 1. The van der Waals surface area contributed by atoms with Crippen molar-refractivity contribution >= 4 is 63.2 Å². The molecular weight excluding hydrogens is 535 g/mol. The second-order valence-corrected chi connectivity index (χ2v) is 8.48. The highest BCUT2D eigenvalue weighted by molar-refractivity contribution is 14.1. The van der Waals surface area contributed by atoms with Gasteiger partial charge in [-0.2, -0.15) is 0 Å². The van der Waals surface area contributed by atoms with Gasteiger partial charge in [-0.1, -0.05) is 0 Å². The molecule has 162 valence electrons. The number of rotatable bonds is 7. The lowest BCUT2D eigenvalue weighted by Gasteiger charge is -2.13. The summed E-state index contributed by atoms with van der Waals surface area (Å²) in [4.78, 5) is 38.4. The molecule has 8 nitrogen and oxygen atoms in total. The first-order chi connectivity index (χ1) is 14.8. The number of hydrogen-bond acceptors (Lipinski definition) is 7. The minimum absolute atomic E-state index is 0.000634. The maximum atomic E-state index is 12.7. The number of imide groups is 1. The van der Waals surface area contributed by atoms with Crippen molar-refractivity contribution in [1.29, 1.82) is 0 Å². The van der Waals surface area contributed by atoms with E-state index in [9.17, 15) is 19.5 Å². The molecule has 0 saturated carbocycles. The molecule has 0 atom stereocenters. The van der Waals surface area contributed by atoms with Gasteiger partial charge in [0.2, 0.25) is 5.91 Å². The molecule has 1 aliphatic rings. The van der Waals surface area contributed by atoms with Crippen molar-refractivity contribution in [2.45, 2.75) is 6.92 Å². The summed E-state index contributed by atoms with van der Waals surface area (Å²) in [5.41, 5.74) is 1.12. The van der Waals surface area contributed by atoms with E-state index in [1.165, 1.54) is 13.2 Å². The van der Waals surface area contributed by atoms with Crippen LogP contribution in [0.3, 0.4) is 0 Å². The van der Waals surface area contributed by atoms with Crippen molar-refractivity contribution < 1.29 is 29.0 Å². The van der Waals surface area contributed by atoms with Crippen molar-refractivity contribution in [1.82, 2.24) is 4.90 Å². The highest BCUT2D eigenvalue weighted by Gasteiger charge is 2.36. The zero-order chi connectivity index (χ0) is 22.5. The van der Waals surface area contributed by atoms with Gasteiger partial charge in [-0.05, 0) is 89.3 Å². The van der Waals surface area contributed by atoms with Crippen LogP contribution in [0.15, 0.2) is 41.3 Å². The largest absolute Gasteiger partial charge is 0.504 e. The second kappa shape index (κ2) is 10.1. The molecule has 0 bridgehead atoms. The van der Waals surface area contributed by atoms with Gasteiger partial charge >= 0.3 is 0 Å². The summed E-state index contributed by atoms with van der Waals surface area (Å²) < 4.78 is 11.0. The molecule has 0 aliphatic carbocycles. The molecule has 0 spiro atoms. The van der Waals surface area contributed by atoms with Gasteiger partial charge in [0.25, 0.3) is 11.1 Å². The Hall–Kier alpha value is -2.73. The molecule has 3 rings (SSSR count). The molecule has 1 saturated heterocycles. The number of carbonyl (C=O) groups excluding carboxylic acids is 3. The van der Waals surface area contributed by atoms with Gasteiger partial charge in [-0.15, -0.1) is 0 Å². The first-order valence-electron chi connectivity index (χ1n) is 9.17. The van der Waals surface area contributed by atoms with E-state index < -0.39 is 23.6 Å². The number of amides is 3. The van der Waals surface area contributed by atoms with Crippen LogP contribution >= 0.6 is 34.4 Å². The van der Waals surface area contributed by atoms with Gasteiger partial charge < -0.3 is 19.9 Å². The van der Waals surface area contributed by atoms with E-state index in [0.29, 0.717) is 27.2 Å². The van der Waals surface area contributed by atoms with Crippen molar-refractivity contribution in [2.24, 2.45) is 0 Å². The van der Waals surface area contributed by atoms with E-state index in [4.69, 9.17) is 9.47 Å². The first kappa shape index (κ1) is 22.9. The van der Waals surface area contributed by atoms with Gasteiger partial charge in [-0.25, -0.2) is 0 Å². The number of ether oxygens (including phenoxy) is 2. The maximum absolute atomic E-state index is 12.7. The normalized spacial score (nSPS) is 14.8. The SMILES string of the molecule is CCOc1ccc(NC(=O)CN2C(=O)S/C(=C/c3cc(I)c(O)c(OC)c3)C2=O)cc1. The Bertz CT molecular complexity index is 1050. The highest BCUT2D eigenvalue weighted by Crippen LogP contribution is 2.36. The predicted octanol–water partition coefficient (Wildman–Crippen LogP) is 4.08. The van der Waals surface area contributed by atoms with Crippen LogP contribution in [0, 0.1) is 3.57 Å². The van der Waals surface area contributed by atoms with Crippen LogP contribution in [0.2, 0.25) is 0 Å². The number of thioether (sulfide) groups is 1. The number of anilines is 1. The van der Waals surface area contributed by atoms with Crippen LogP contribution in [0.1, 0.15) is 12.5 Å². The van der Waals surface area contributed by atoms with Gasteiger partial charge in [0.1, 0.15) is 12.3 Å². The van der Waals surface area contributed by atoms with Gasteiger partial charge in [0.05, 0.1) is 22.2 Å². The van der Waals surface area contributed by atoms with Gasteiger partial charge in [0, 0.05) is 5.69 Å². The third-order valence-corrected chi connectivity index (χ3v) is 5.92. The molecule has 2 aromatic rings. The zero-order valence-corrected chi connectivity index (χ0v) is 19.7.